The van der Waals surface area contributed by atoms with Gasteiger partial charge in [-0.15, -0.1) is 0 Å². The number of carbonyl (C=O) groups is 1. The molecule has 6 nitrogen and oxygen atoms in total. The lowest BCUT2D eigenvalue weighted by Gasteiger charge is -2.48. The van der Waals surface area contributed by atoms with Gasteiger partial charge in [-0.1, -0.05) is 36.4 Å². The molecule has 7 heteroatoms. The van der Waals surface area contributed by atoms with E-state index in [1.165, 1.54) is 12.1 Å². The van der Waals surface area contributed by atoms with Crippen LogP contribution in [0.4, 0.5) is 4.39 Å². The number of carbonyl (C=O) groups excluding carboxylic acids is 1. The average molecular weight is 435 g/mol. The van der Waals surface area contributed by atoms with E-state index in [0.717, 1.165) is 35.9 Å². The number of benzene rings is 2. The van der Waals surface area contributed by atoms with Crippen molar-refractivity contribution in [2.24, 2.45) is 0 Å². The number of nitrogens with one attached hydrogen (secondary N) is 1. The van der Waals surface area contributed by atoms with E-state index in [1.807, 2.05) is 55.6 Å². The van der Waals surface area contributed by atoms with Crippen molar-refractivity contribution in [2.45, 2.75) is 44.4 Å². The van der Waals surface area contributed by atoms with Crippen molar-refractivity contribution in [1.29, 1.82) is 0 Å². The lowest BCUT2D eigenvalue weighted by atomic mass is 9.89. The number of allylic oxidation sites excluding steroid dienone is 1. The molecule has 32 heavy (non-hydrogen) atoms. The summed E-state index contributed by atoms with van der Waals surface area (Å²) in [4.78, 5) is 15.6. The molecule has 2 aliphatic rings. The third kappa shape index (κ3) is 4.06. The summed E-state index contributed by atoms with van der Waals surface area (Å²) in [5.74, 6) is -0.358. The first-order valence-corrected chi connectivity index (χ1v) is 11.1. The summed E-state index contributed by atoms with van der Waals surface area (Å²) < 4.78 is 20.8. The molecule has 3 aromatic rings. The topological polar surface area (TPSA) is 59.4 Å². The molecule has 2 bridgehead atoms. The smallest absolute Gasteiger partial charge is 0.272 e. The fourth-order valence-corrected chi connectivity index (χ4v) is 4.93. The van der Waals surface area contributed by atoms with Crippen LogP contribution in [-0.2, 0) is 11.3 Å². The molecule has 3 atom stereocenters. The second-order valence-electron chi connectivity index (χ2n) is 8.58. The van der Waals surface area contributed by atoms with Gasteiger partial charge in [-0.2, -0.15) is 5.10 Å². The van der Waals surface area contributed by atoms with E-state index in [9.17, 15) is 9.18 Å². The Morgan fingerprint density at radius 2 is 1.88 bits per heavy atom. The van der Waals surface area contributed by atoms with Crippen LogP contribution in [0.25, 0.3) is 17.1 Å². The molecule has 0 saturated carbocycles. The molecule has 2 saturated heterocycles. The molecule has 0 unspecified atom stereocenters. The number of hydrogen-bond donors (Lipinski definition) is 1. The molecule has 166 valence electrons. The van der Waals surface area contributed by atoms with Crippen molar-refractivity contribution in [3.05, 3.63) is 71.7 Å². The van der Waals surface area contributed by atoms with Crippen molar-refractivity contribution >= 4 is 23.0 Å². The highest BCUT2D eigenvalue weighted by atomic mass is 19.1. The summed E-state index contributed by atoms with van der Waals surface area (Å²) in [6, 6.07) is 15.0. The van der Waals surface area contributed by atoms with Crippen molar-refractivity contribution in [2.75, 3.05) is 13.2 Å². The fraction of sp³-hybridized carbons (Fsp3) is 0.360. The van der Waals surface area contributed by atoms with Crippen LogP contribution in [0.2, 0.25) is 0 Å². The number of ether oxygens (including phenoxy) is 1. The molecule has 0 radical (unpaired) electrons. The highest BCUT2D eigenvalue weighted by Gasteiger charge is 2.39. The van der Waals surface area contributed by atoms with Crippen molar-refractivity contribution < 1.29 is 13.9 Å². The molecular weight excluding hydrogens is 407 g/mol. The molecule has 3 heterocycles. The van der Waals surface area contributed by atoms with Crippen LogP contribution < -0.4 is 5.32 Å². The number of rotatable bonds is 5. The van der Waals surface area contributed by atoms with Crippen LogP contribution in [0.5, 0.6) is 0 Å². The molecule has 1 aromatic heterocycles. The Morgan fingerprint density at radius 1 is 1.16 bits per heavy atom. The van der Waals surface area contributed by atoms with E-state index in [4.69, 9.17) is 4.74 Å². The molecule has 0 aliphatic carbocycles. The maximum Gasteiger partial charge on any atom is 0.272 e. The molecule has 5 rings (SSSR count). The van der Waals surface area contributed by atoms with Gasteiger partial charge in [0.05, 0.1) is 18.7 Å². The number of nitrogens with zero attached hydrogens (tertiary/aromatic N) is 3. The maximum atomic E-state index is 13.3. The summed E-state index contributed by atoms with van der Waals surface area (Å²) in [5.41, 5.74) is 2.45. The van der Waals surface area contributed by atoms with Gasteiger partial charge in [-0.25, -0.2) is 9.07 Å². The predicted molar refractivity (Wildman–Crippen MR) is 122 cm³/mol. The van der Waals surface area contributed by atoms with Gasteiger partial charge in [0.2, 0.25) is 0 Å². The zero-order valence-corrected chi connectivity index (χ0v) is 18.1. The monoisotopic (exact) mass is 434 g/mol. The molecule has 2 fully saturated rings. The summed E-state index contributed by atoms with van der Waals surface area (Å²) in [5, 5.41) is 8.63. The van der Waals surface area contributed by atoms with Gasteiger partial charge in [0.1, 0.15) is 5.82 Å². The van der Waals surface area contributed by atoms with Crippen molar-refractivity contribution in [1.82, 2.24) is 20.0 Å². The van der Waals surface area contributed by atoms with Crippen LogP contribution in [0, 0.1) is 5.82 Å². The number of amides is 1. The molecule has 2 aromatic carbocycles. The van der Waals surface area contributed by atoms with E-state index in [-0.39, 0.29) is 29.8 Å². The molecule has 1 N–H and O–H groups in total. The van der Waals surface area contributed by atoms with E-state index >= 15 is 0 Å². The number of halogens is 1. The van der Waals surface area contributed by atoms with E-state index in [1.54, 1.807) is 4.68 Å². The van der Waals surface area contributed by atoms with Gasteiger partial charge >= 0.3 is 0 Å². The number of para-hydroxylation sites is 1. The Kier molecular flexibility index (Phi) is 5.76. The first-order chi connectivity index (χ1) is 15.6. The standard InChI is InChI=1S/C25H27FN4O2/c1-2-11-30-23-6-4-3-5-22(23)24(28-30)25(31)27-19-12-20-15-32-16-21(13-19)29(20)14-17-7-9-18(26)10-8-17/h2-11,19-21H,12-16H2,1H3,(H,27,31)/b11-2-/t19-,20-,21+. The minimum atomic E-state index is -0.219. The second kappa shape index (κ2) is 8.84. The average Bonchev–Trinajstić information content (AvgIpc) is 3.15. The summed E-state index contributed by atoms with van der Waals surface area (Å²) in [6.45, 7) is 3.97. The number of morpholine rings is 1. The third-order valence-corrected chi connectivity index (χ3v) is 6.40. The fourth-order valence-electron chi connectivity index (χ4n) is 4.93. The second-order valence-corrected chi connectivity index (χ2v) is 8.58. The zero-order chi connectivity index (χ0) is 22.1. The molecule has 1 amide bonds. The Morgan fingerprint density at radius 3 is 2.59 bits per heavy atom. The van der Waals surface area contributed by atoms with Gasteiger partial charge in [0.15, 0.2) is 5.69 Å². The molecule has 2 aliphatic heterocycles. The Labute approximate surface area is 186 Å². The highest BCUT2D eigenvalue weighted by molar-refractivity contribution is 6.05. The lowest BCUT2D eigenvalue weighted by molar-refractivity contribution is -0.0843. The predicted octanol–water partition coefficient (Wildman–Crippen LogP) is 3.83. The van der Waals surface area contributed by atoms with Crippen LogP contribution in [0.15, 0.2) is 54.6 Å². The molecule has 0 spiro atoms. The van der Waals surface area contributed by atoms with Crippen LogP contribution >= 0.6 is 0 Å². The third-order valence-electron chi connectivity index (χ3n) is 6.40. The first-order valence-electron chi connectivity index (χ1n) is 11.1. The summed E-state index contributed by atoms with van der Waals surface area (Å²) in [6.07, 6.45) is 5.39. The van der Waals surface area contributed by atoms with Crippen LogP contribution in [0.1, 0.15) is 35.8 Å². The van der Waals surface area contributed by atoms with Gasteiger partial charge in [-0.3, -0.25) is 9.69 Å². The summed E-state index contributed by atoms with van der Waals surface area (Å²) >= 11 is 0. The minimum Gasteiger partial charge on any atom is -0.378 e. The van der Waals surface area contributed by atoms with E-state index < -0.39 is 0 Å². The van der Waals surface area contributed by atoms with E-state index in [0.29, 0.717) is 18.9 Å². The number of fused-ring (bicyclic) bond motifs is 3. The van der Waals surface area contributed by atoms with Crippen molar-refractivity contribution in [3.63, 3.8) is 0 Å². The van der Waals surface area contributed by atoms with Crippen LogP contribution in [0.3, 0.4) is 0 Å². The van der Waals surface area contributed by atoms with Gasteiger partial charge < -0.3 is 10.1 Å². The largest absolute Gasteiger partial charge is 0.378 e. The van der Waals surface area contributed by atoms with Crippen LogP contribution in [-0.4, -0.2) is 51.9 Å². The number of hydrogen-bond acceptors (Lipinski definition) is 4. The van der Waals surface area contributed by atoms with Gasteiger partial charge in [0.25, 0.3) is 5.91 Å². The quantitative estimate of drug-likeness (QED) is 0.663. The zero-order valence-electron chi connectivity index (χ0n) is 18.1. The normalized spacial score (nSPS) is 23.6. The van der Waals surface area contributed by atoms with E-state index in [2.05, 4.69) is 15.3 Å². The highest BCUT2D eigenvalue weighted by Crippen LogP contribution is 2.30. The number of aromatic nitrogens is 2. The van der Waals surface area contributed by atoms with Gasteiger partial charge in [-0.05, 0) is 43.5 Å². The Balaban J connectivity index is 1.31. The first kappa shape index (κ1) is 20.8. The van der Waals surface area contributed by atoms with Gasteiger partial charge in [0, 0.05) is 36.3 Å². The SMILES string of the molecule is C/C=C\n1nc(C(=O)N[C@H]2C[C@H]3COC[C@@H](C2)N3Cc2ccc(F)cc2)c2ccccc21. The van der Waals surface area contributed by atoms with Crippen molar-refractivity contribution in [3.8, 4) is 0 Å². The number of piperidine rings is 1. The molecular formula is C25H27FN4O2. The maximum absolute atomic E-state index is 13.3. The summed E-state index contributed by atoms with van der Waals surface area (Å²) in [7, 11) is 0. The lowest BCUT2D eigenvalue weighted by Crippen LogP contribution is -2.60. The Bertz CT molecular complexity index is 1130. The minimum absolute atomic E-state index is 0.0662. The Hall–Kier alpha value is -3.03.